The number of allylic oxidation sites excluding steroid dienone is 1. The Morgan fingerprint density at radius 2 is 1.71 bits per heavy atom. The second kappa shape index (κ2) is 14.1. The first-order valence-electron chi connectivity index (χ1n) is 14.1. The first-order chi connectivity index (χ1) is 20.0. The van der Waals surface area contributed by atoms with Gasteiger partial charge in [-0.15, -0.1) is 0 Å². The van der Waals surface area contributed by atoms with Gasteiger partial charge in [-0.2, -0.15) is 5.26 Å². The number of nitrogens with two attached hydrogens (primary N) is 1. The lowest BCUT2D eigenvalue weighted by Gasteiger charge is -2.27. The van der Waals surface area contributed by atoms with Gasteiger partial charge in [0.1, 0.15) is 34.5 Å². The van der Waals surface area contributed by atoms with Crippen molar-refractivity contribution < 1.29 is 28.5 Å². The monoisotopic (exact) mass is 556 g/mol. The molecule has 0 saturated heterocycles. The van der Waals surface area contributed by atoms with Crippen LogP contribution in [0.4, 0.5) is 0 Å². The molecule has 1 atom stereocenters. The minimum atomic E-state index is -0.555. The summed E-state index contributed by atoms with van der Waals surface area (Å²) in [5, 5.41) is 9.99. The molecule has 1 heterocycles. The number of carbonyl (C=O) groups excluding carboxylic acids is 1. The van der Waals surface area contributed by atoms with Crippen molar-refractivity contribution in [3.8, 4) is 34.8 Å². The van der Waals surface area contributed by atoms with E-state index in [1.165, 1.54) is 0 Å². The fourth-order valence-corrected chi connectivity index (χ4v) is 4.60. The quantitative estimate of drug-likeness (QED) is 0.138. The van der Waals surface area contributed by atoms with Crippen LogP contribution in [0.15, 0.2) is 72.1 Å². The Morgan fingerprint density at radius 1 is 0.902 bits per heavy atom. The second-order valence-corrected chi connectivity index (χ2v) is 9.55. The Hall–Kier alpha value is -4.64. The molecular formula is C33H36N2O6. The first-order valence-corrected chi connectivity index (χ1v) is 14.1. The molecular weight excluding hydrogens is 520 g/mol. The summed E-state index contributed by atoms with van der Waals surface area (Å²) in [6.45, 7) is 7.60. The number of esters is 1. The highest BCUT2D eigenvalue weighted by Crippen LogP contribution is 2.45. The Bertz CT molecular complexity index is 1440. The molecule has 8 nitrogen and oxygen atoms in total. The molecule has 4 rings (SSSR count). The molecule has 2 N–H and O–H groups in total. The van der Waals surface area contributed by atoms with Gasteiger partial charge in [0.15, 0.2) is 11.5 Å². The zero-order chi connectivity index (χ0) is 29.2. The predicted molar refractivity (Wildman–Crippen MR) is 156 cm³/mol. The molecule has 214 valence electrons. The maximum atomic E-state index is 13.0. The third-order valence-electron chi connectivity index (χ3n) is 6.58. The molecule has 0 spiro atoms. The van der Waals surface area contributed by atoms with Crippen LogP contribution in [-0.4, -0.2) is 25.8 Å². The summed E-state index contributed by atoms with van der Waals surface area (Å²) in [4.78, 5) is 13.0. The smallest absolute Gasteiger partial charge is 0.347 e. The summed E-state index contributed by atoms with van der Waals surface area (Å²) in [5.74, 6) is 1.31. The zero-order valence-electron chi connectivity index (χ0n) is 23.8. The third kappa shape index (κ3) is 6.93. The van der Waals surface area contributed by atoms with Crippen LogP contribution in [0.25, 0.3) is 0 Å². The van der Waals surface area contributed by atoms with Gasteiger partial charge in [0.25, 0.3) is 0 Å². The Morgan fingerprint density at radius 3 is 2.46 bits per heavy atom. The van der Waals surface area contributed by atoms with Crippen molar-refractivity contribution in [1.82, 2.24) is 0 Å². The highest BCUT2D eigenvalue weighted by molar-refractivity contribution is 5.94. The van der Waals surface area contributed by atoms with E-state index in [2.05, 4.69) is 13.0 Å². The summed E-state index contributed by atoms with van der Waals surface area (Å²) < 4.78 is 29.1. The van der Waals surface area contributed by atoms with Crippen molar-refractivity contribution in [2.75, 3.05) is 19.8 Å². The molecule has 1 aliphatic rings. The van der Waals surface area contributed by atoms with Crippen molar-refractivity contribution >= 4 is 5.97 Å². The fourth-order valence-electron chi connectivity index (χ4n) is 4.60. The minimum Gasteiger partial charge on any atom is -0.493 e. The zero-order valence-corrected chi connectivity index (χ0v) is 23.8. The number of nitrogens with zero attached hydrogens (tertiary/aromatic N) is 1. The van der Waals surface area contributed by atoms with Gasteiger partial charge in [-0.1, -0.05) is 51.0 Å². The average molecular weight is 557 g/mol. The van der Waals surface area contributed by atoms with E-state index in [-0.39, 0.29) is 17.2 Å². The minimum absolute atomic E-state index is 0.00959. The molecule has 41 heavy (non-hydrogen) atoms. The van der Waals surface area contributed by atoms with Gasteiger partial charge in [0, 0.05) is 11.6 Å². The van der Waals surface area contributed by atoms with E-state index in [0.717, 1.165) is 31.2 Å². The summed E-state index contributed by atoms with van der Waals surface area (Å²) in [5.41, 5.74) is 8.33. The van der Waals surface area contributed by atoms with Gasteiger partial charge in [-0.05, 0) is 55.7 Å². The van der Waals surface area contributed by atoms with Crippen molar-refractivity contribution in [1.29, 1.82) is 5.26 Å². The molecule has 3 aromatic rings. The number of hydrogen-bond acceptors (Lipinski definition) is 8. The van der Waals surface area contributed by atoms with Crippen LogP contribution in [0.3, 0.4) is 0 Å². The van der Waals surface area contributed by atoms with E-state index >= 15 is 0 Å². The van der Waals surface area contributed by atoms with Crippen LogP contribution in [0.2, 0.25) is 0 Å². The van der Waals surface area contributed by atoms with Gasteiger partial charge in [-0.25, -0.2) is 4.79 Å². The first kappa shape index (κ1) is 29.3. The van der Waals surface area contributed by atoms with Crippen LogP contribution in [0, 0.1) is 11.3 Å². The third-order valence-corrected chi connectivity index (χ3v) is 6.58. The summed E-state index contributed by atoms with van der Waals surface area (Å²) in [7, 11) is 0. The van der Waals surface area contributed by atoms with E-state index in [0.29, 0.717) is 53.9 Å². The Labute approximate surface area is 241 Å². The lowest BCUT2D eigenvalue weighted by atomic mass is 9.83. The predicted octanol–water partition coefficient (Wildman–Crippen LogP) is 6.88. The SMILES string of the molecule is CCCCCOc1ccc(C2C(C#N)=C(N)Oc3cc(OC(=O)c4ccccc4OCCC)ccc32)cc1OCC. The van der Waals surface area contributed by atoms with Gasteiger partial charge in [-0.3, -0.25) is 0 Å². The molecule has 0 saturated carbocycles. The number of unbranched alkanes of at least 4 members (excludes halogenated alkanes) is 2. The van der Waals surface area contributed by atoms with Crippen LogP contribution >= 0.6 is 0 Å². The van der Waals surface area contributed by atoms with E-state index in [1.54, 1.807) is 42.5 Å². The van der Waals surface area contributed by atoms with E-state index in [1.807, 2.05) is 32.0 Å². The number of para-hydroxylation sites is 1. The highest BCUT2D eigenvalue weighted by atomic mass is 16.5. The average Bonchev–Trinajstić information content (AvgIpc) is 2.98. The lowest BCUT2D eigenvalue weighted by Crippen LogP contribution is -2.21. The maximum Gasteiger partial charge on any atom is 0.347 e. The highest BCUT2D eigenvalue weighted by Gasteiger charge is 2.32. The fraction of sp³-hybridized carbons (Fsp3) is 0.333. The molecule has 0 aliphatic carbocycles. The molecule has 0 aromatic heterocycles. The number of carbonyl (C=O) groups is 1. The van der Waals surface area contributed by atoms with Gasteiger partial charge >= 0.3 is 5.97 Å². The number of fused-ring (bicyclic) bond motifs is 1. The molecule has 0 radical (unpaired) electrons. The van der Waals surface area contributed by atoms with E-state index in [9.17, 15) is 10.1 Å². The van der Waals surface area contributed by atoms with Crippen molar-refractivity contribution in [3.05, 3.63) is 88.8 Å². The Balaban J connectivity index is 1.63. The lowest BCUT2D eigenvalue weighted by molar-refractivity contribution is 0.0730. The normalized spacial score (nSPS) is 14.0. The summed E-state index contributed by atoms with van der Waals surface area (Å²) in [6, 6.07) is 19.9. The van der Waals surface area contributed by atoms with Crippen LogP contribution in [0.1, 0.15) is 73.9 Å². The number of hydrogen-bond donors (Lipinski definition) is 1. The largest absolute Gasteiger partial charge is 0.493 e. The maximum absolute atomic E-state index is 13.0. The number of nitriles is 1. The van der Waals surface area contributed by atoms with Crippen LogP contribution < -0.4 is 29.4 Å². The number of ether oxygens (including phenoxy) is 5. The molecule has 0 bridgehead atoms. The standard InChI is InChI=1S/C33H36N2O6/c1-4-7-10-18-39-28-16-13-22(19-30(28)37-6-3)31-24-15-14-23(20-29(24)41-32(35)26(31)21-34)40-33(36)25-11-8-9-12-27(25)38-17-5-2/h8-9,11-16,19-20,31H,4-7,10,17-18,35H2,1-3H3. The van der Waals surface area contributed by atoms with Crippen LogP contribution in [-0.2, 0) is 0 Å². The van der Waals surface area contributed by atoms with E-state index in [4.69, 9.17) is 29.4 Å². The van der Waals surface area contributed by atoms with Gasteiger partial charge in [0.2, 0.25) is 5.88 Å². The van der Waals surface area contributed by atoms with Crippen molar-refractivity contribution in [2.45, 2.75) is 52.4 Å². The second-order valence-electron chi connectivity index (χ2n) is 9.55. The number of rotatable bonds is 13. The topological polar surface area (TPSA) is 113 Å². The van der Waals surface area contributed by atoms with Crippen molar-refractivity contribution in [2.24, 2.45) is 5.73 Å². The summed E-state index contributed by atoms with van der Waals surface area (Å²) in [6.07, 6.45) is 3.97. The van der Waals surface area contributed by atoms with Gasteiger partial charge in [0.05, 0.1) is 25.7 Å². The summed E-state index contributed by atoms with van der Waals surface area (Å²) >= 11 is 0. The molecule has 0 amide bonds. The van der Waals surface area contributed by atoms with Gasteiger partial charge < -0.3 is 29.4 Å². The number of benzene rings is 3. The van der Waals surface area contributed by atoms with Crippen molar-refractivity contribution in [3.63, 3.8) is 0 Å². The molecule has 3 aromatic carbocycles. The van der Waals surface area contributed by atoms with Crippen LogP contribution in [0.5, 0.6) is 28.7 Å². The molecule has 0 fully saturated rings. The Kier molecular flexibility index (Phi) is 10.1. The molecule has 1 unspecified atom stereocenters. The van der Waals surface area contributed by atoms with E-state index < -0.39 is 11.9 Å². The molecule has 1 aliphatic heterocycles. The molecule has 8 heteroatoms.